The lowest BCUT2D eigenvalue weighted by molar-refractivity contribution is -0.132. The van der Waals surface area contributed by atoms with Gasteiger partial charge in [-0.1, -0.05) is 48.5 Å². The summed E-state index contributed by atoms with van der Waals surface area (Å²) in [5.41, 5.74) is 4.07. The van der Waals surface area contributed by atoms with Crippen LogP contribution in [0.5, 0.6) is 0 Å². The van der Waals surface area contributed by atoms with Crippen molar-refractivity contribution in [3.8, 4) is 16.9 Å². The van der Waals surface area contributed by atoms with Crippen molar-refractivity contribution < 1.29 is 9.59 Å². The van der Waals surface area contributed by atoms with Crippen LogP contribution in [0.2, 0.25) is 0 Å². The first-order valence-electron chi connectivity index (χ1n) is 12.4. The van der Waals surface area contributed by atoms with E-state index in [0.717, 1.165) is 24.1 Å². The Balaban J connectivity index is 1.25. The van der Waals surface area contributed by atoms with Gasteiger partial charge in [-0.15, -0.1) is 0 Å². The molecule has 2 amide bonds. The highest BCUT2D eigenvalue weighted by Crippen LogP contribution is 2.25. The summed E-state index contributed by atoms with van der Waals surface area (Å²) >= 11 is 0. The van der Waals surface area contributed by atoms with Crippen LogP contribution in [0.3, 0.4) is 0 Å². The summed E-state index contributed by atoms with van der Waals surface area (Å²) in [5.74, 6) is 0.0817. The van der Waals surface area contributed by atoms with Gasteiger partial charge in [0.2, 0.25) is 5.91 Å². The highest BCUT2D eigenvalue weighted by Gasteiger charge is 2.28. The quantitative estimate of drug-likeness (QED) is 0.398. The standard InChI is InChI=1S/C29H29N5O2/c35-27(15-7-11-23-9-3-1-4-10-23)32-17-19-33(20-18-32)29(36)26-22-34(25-13-5-2-6-14-25)31-28(26)24-12-8-16-30-21-24/h1-6,8-10,12-14,16,21-22H,7,11,15,17-20H2. The zero-order valence-electron chi connectivity index (χ0n) is 20.2. The zero-order valence-corrected chi connectivity index (χ0v) is 20.2. The van der Waals surface area contributed by atoms with Crippen LogP contribution < -0.4 is 0 Å². The van der Waals surface area contributed by atoms with Gasteiger partial charge in [-0.3, -0.25) is 14.6 Å². The Morgan fingerprint density at radius 2 is 1.50 bits per heavy atom. The van der Waals surface area contributed by atoms with Crippen molar-refractivity contribution in [3.63, 3.8) is 0 Å². The van der Waals surface area contributed by atoms with E-state index in [-0.39, 0.29) is 11.8 Å². The lowest BCUT2D eigenvalue weighted by atomic mass is 10.1. The molecule has 0 unspecified atom stereocenters. The molecule has 36 heavy (non-hydrogen) atoms. The average molecular weight is 480 g/mol. The van der Waals surface area contributed by atoms with Crippen LogP contribution in [0.15, 0.2) is 91.4 Å². The van der Waals surface area contributed by atoms with Crippen LogP contribution in [-0.2, 0) is 11.2 Å². The summed E-state index contributed by atoms with van der Waals surface area (Å²) in [6.07, 6.45) is 7.47. The summed E-state index contributed by atoms with van der Waals surface area (Å²) < 4.78 is 1.74. The molecule has 5 rings (SSSR count). The SMILES string of the molecule is O=C(CCCc1ccccc1)N1CCN(C(=O)c2cn(-c3ccccc3)nc2-c2cccnc2)CC1. The fraction of sp³-hybridized carbons (Fsp3) is 0.241. The van der Waals surface area contributed by atoms with Gasteiger partial charge in [-0.05, 0) is 42.7 Å². The molecule has 0 radical (unpaired) electrons. The van der Waals surface area contributed by atoms with Gasteiger partial charge in [0.25, 0.3) is 5.91 Å². The molecule has 1 aliphatic rings. The Bertz CT molecular complexity index is 1300. The monoisotopic (exact) mass is 479 g/mol. The van der Waals surface area contributed by atoms with Crippen molar-refractivity contribution in [2.45, 2.75) is 19.3 Å². The van der Waals surface area contributed by atoms with Crippen molar-refractivity contribution >= 4 is 11.8 Å². The molecule has 1 aliphatic heterocycles. The summed E-state index contributed by atoms with van der Waals surface area (Å²) in [7, 11) is 0. The lowest BCUT2D eigenvalue weighted by Crippen LogP contribution is -2.50. The van der Waals surface area contributed by atoms with Gasteiger partial charge in [-0.25, -0.2) is 4.68 Å². The molecule has 7 heteroatoms. The first kappa shape index (κ1) is 23.5. The number of amides is 2. The van der Waals surface area contributed by atoms with Crippen molar-refractivity contribution in [1.82, 2.24) is 24.6 Å². The number of hydrogen-bond acceptors (Lipinski definition) is 4. The number of benzene rings is 2. The molecule has 1 fully saturated rings. The number of aromatic nitrogens is 3. The molecule has 0 saturated carbocycles. The first-order chi connectivity index (χ1) is 17.7. The molecule has 7 nitrogen and oxygen atoms in total. The highest BCUT2D eigenvalue weighted by molar-refractivity contribution is 6.00. The number of carbonyl (C=O) groups excluding carboxylic acids is 2. The second-order valence-electron chi connectivity index (χ2n) is 8.93. The summed E-state index contributed by atoms with van der Waals surface area (Å²) in [6, 6.07) is 23.7. The minimum atomic E-state index is -0.0767. The van der Waals surface area contributed by atoms with Crippen LogP contribution in [0.25, 0.3) is 16.9 Å². The van der Waals surface area contributed by atoms with Crippen molar-refractivity contribution in [1.29, 1.82) is 0 Å². The molecular weight excluding hydrogens is 450 g/mol. The third kappa shape index (κ3) is 5.35. The predicted molar refractivity (Wildman–Crippen MR) is 139 cm³/mol. The van der Waals surface area contributed by atoms with E-state index < -0.39 is 0 Å². The maximum absolute atomic E-state index is 13.6. The Morgan fingerprint density at radius 1 is 0.806 bits per heavy atom. The van der Waals surface area contributed by atoms with Crippen LogP contribution in [-0.4, -0.2) is 62.6 Å². The van der Waals surface area contributed by atoms with Crippen molar-refractivity contribution in [3.05, 3.63) is 103 Å². The van der Waals surface area contributed by atoms with Gasteiger partial charge >= 0.3 is 0 Å². The Morgan fingerprint density at radius 3 is 2.19 bits per heavy atom. The van der Waals surface area contributed by atoms with Gasteiger partial charge in [0.05, 0.1) is 11.3 Å². The smallest absolute Gasteiger partial charge is 0.257 e. The normalized spacial score (nSPS) is 13.6. The van der Waals surface area contributed by atoms with Crippen molar-refractivity contribution in [2.24, 2.45) is 0 Å². The molecule has 0 aliphatic carbocycles. The molecule has 2 aromatic carbocycles. The van der Waals surface area contributed by atoms with Gasteiger partial charge in [0.15, 0.2) is 0 Å². The fourth-order valence-corrected chi connectivity index (χ4v) is 4.54. The number of rotatable bonds is 7. The Kier molecular flexibility index (Phi) is 7.17. The number of hydrogen-bond donors (Lipinski definition) is 0. The van der Waals surface area contributed by atoms with E-state index in [2.05, 4.69) is 17.1 Å². The van der Waals surface area contributed by atoms with E-state index in [4.69, 9.17) is 5.10 Å². The molecule has 2 aromatic heterocycles. The molecular formula is C29H29N5O2. The number of aryl methyl sites for hydroxylation is 1. The Hall–Kier alpha value is -4.26. The van der Waals surface area contributed by atoms with Gasteiger partial charge in [-0.2, -0.15) is 5.10 Å². The van der Waals surface area contributed by atoms with Crippen LogP contribution >= 0.6 is 0 Å². The summed E-state index contributed by atoms with van der Waals surface area (Å²) in [4.78, 5) is 34.2. The van der Waals surface area contributed by atoms with E-state index in [9.17, 15) is 9.59 Å². The number of para-hydroxylation sites is 1. The van der Waals surface area contributed by atoms with Gasteiger partial charge in [0.1, 0.15) is 5.69 Å². The molecule has 0 spiro atoms. The largest absolute Gasteiger partial charge is 0.339 e. The number of nitrogens with zero attached hydrogens (tertiary/aromatic N) is 5. The van der Waals surface area contributed by atoms with E-state index in [1.54, 1.807) is 23.3 Å². The summed E-state index contributed by atoms with van der Waals surface area (Å²) in [6.45, 7) is 2.11. The number of pyridine rings is 1. The van der Waals surface area contributed by atoms with Gasteiger partial charge < -0.3 is 9.80 Å². The molecule has 182 valence electrons. The maximum Gasteiger partial charge on any atom is 0.257 e. The van der Waals surface area contributed by atoms with Crippen LogP contribution in [0.1, 0.15) is 28.8 Å². The third-order valence-electron chi connectivity index (χ3n) is 6.52. The molecule has 4 aromatic rings. The van der Waals surface area contributed by atoms with E-state index in [1.165, 1.54) is 5.56 Å². The predicted octanol–water partition coefficient (Wildman–Crippen LogP) is 4.24. The number of piperazine rings is 1. The average Bonchev–Trinajstić information content (AvgIpc) is 3.40. The van der Waals surface area contributed by atoms with E-state index in [0.29, 0.717) is 43.9 Å². The lowest BCUT2D eigenvalue weighted by Gasteiger charge is -2.34. The van der Waals surface area contributed by atoms with E-state index in [1.807, 2.05) is 70.5 Å². The fourth-order valence-electron chi connectivity index (χ4n) is 4.54. The minimum Gasteiger partial charge on any atom is -0.339 e. The zero-order chi connectivity index (χ0) is 24.7. The molecule has 3 heterocycles. The van der Waals surface area contributed by atoms with Crippen molar-refractivity contribution in [2.75, 3.05) is 26.2 Å². The molecule has 0 N–H and O–H groups in total. The van der Waals surface area contributed by atoms with Crippen LogP contribution in [0, 0.1) is 0 Å². The van der Waals surface area contributed by atoms with Gasteiger partial charge in [0, 0.05) is 56.8 Å². The summed E-state index contributed by atoms with van der Waals surface area (Å²) in [5, 5.41) is 4.73. The Labute approximate surface area is 211 Å². The minimum absolute atomic E-state index is 0.0767. The molecule has 0 bridgehead atoms. The third-order valence-corrected chi connectivity index (χ3v) is 6.52. The second kappa shape index (κ2) is 11.0. The topological polar surface area (TPSA) is 71.3 Å². The highest BCUT2D eigenvalue weighted by atomic mass is 16.2. The number of carbonyl (C=O) groups is 2. The molecule has 1 saturated heterocycles. The van der Waals surface area contributed by atoms with Crippen LogP contribution in [0.4, 0.5) is 0 Å². The second-order valence-corrected chi connectivity index (χ2v) is 8.93. The maximum atomic E-state index is 13.6. The van der Waals surface area contributed by atoms with E-state index >= 15 is 0 Å². The molecule has 0 atom stereocenters. The first-order valence-corrected chi connectivity index (χ1v) is 12.4.